The molecule has 0 fully saturated rings. The molecule has 0 aliphatic heterocycles. The number of aromatic nitrogens is 3. The predicted octanol–water partition coefficient (Wildman–Crippen LogP) is 4.37. The van der Waals surface area contributed by atoms with Crippen molar-refractivity contribution in [2.45, 2.75) is 9.97 Å². The number of nitrogens with one attached hydrogen (secondary N) is 2. The molecule has 140 valence electrons. The lowest BCUT2D eigenvalue weighted by Gasteiger charge is -2.14. The van der Waals surface area contributed by atoms with E-state index in [1.165, 1.54) is 19.2 Å². The summed E-state index contributed by atoms with van der Waals surface area (Å²) in [5.41, 5.74) is -1.48. The van der Waals surface area contributed by atoms with E-state index in [-0.39, 0.29) is 17.8 Å². The van der Waals surface area contributed by atoms with Gasteiger partial charge in [0.25, 0.3) is 0 Å². The van der Waals surface area contributed by atoms with Crippen molar-refractivity contribution in [1.29, 1.82) is 0 Å². The maximum Gasteiger partial charge on any atom is 0.418 e. The lowest BCUT2D eigenvalue weighted by Crippen LogP contribution is -2.24. The largest absolute Gasteiger partial charge is 0.467 e. The molecule has 13 heteroatoms. The number of nitrogens with zero attached hydrogens (tertiary/aromatic N) is 3. The van der Waals surface area contributed by atoms with Crippen LogP contribution in [0.3, 0.4) is 0 Å². The van der Waals surface area contributed by atoms with Crippen LogP contribution >= 0.6 is 34.8 Å². The van der Waals surface area contributed by atoms with Crippen LogP contribution in [0.4, 0.5) is 29.6 Å². The number of para-hydroxylation sites is 1. The summed E-state index contributed by atoms with van der Waals surface area (Å²) in [5.74, 6) is -0.736. The van der Waals surface area contributed by atoms with Crippen molar-refractivity contribution < 1.29 is 22.7 Å². The summed E-state index contributed by atoms with van der Waals surface area (Å²) in [5, 5.41) is 4.17. The number of ether oxygens (including phenoxy) is 1. The minimum absolute atomic E-state index is 0.271. The minimum Gasteiger partial charge on any atom is -0.467 e. The van der Waals surface area contributed by atoms with Gasteiger partial charge in [-0.1, -0.05) is 46.9 Å². The van der Waals surface area contributed by atoms with Gasteiger partial charge < -0.3 is 10.1 Å². The second kappa shape index (κ2) is 7.68. The minimum atomic E-state index is -4.65. The predicted molar refractivity (Wildman–Crippen MR) is 89.7 cm³/mol. The molecule has 2 aromatic rings. The first-order chi connectivity index (χ1) is 12.0. The van der Waals surface area contributed by atoms with Gasteiger partial charge in [-0.2, -0.15) is 28.1 Å². The topological polar surface area (TPSA) is 89.0 Å². The Morgan fingerprint density at radius 2 is 1.73 bits per heavy atom. The first-order valence-corrected chi connectivity index (χ1v) is 7.75. The van der Waals surface area contributed by atoms with Crippen LogP contribution in [0.15, 0.2) is 24.3 Å². The standard InChI is InChI=1S/C13H9Cl3F3N5O2/c1-26-11-22-8(12(14,15)16)21-9(24-11)23-10(25)20-7-5-3-2-4-6(7)13(17,18)19/h2-5H,1H3,(H2,20,21,22,23,24,25). The van der Waals surface area contributed by atoms with E-state index in [4.69, 9.17) is 39.5 Å². The van der Waals surface area contributed by atoms with Gasteiger partial charge in [-0.05, 0) is 12.1 Å². The number of rotatable bonds is 3. The molecule has 0 saturated carbocycles. The van der Waals surface area contributed by atoms with E-state index in [9.17, 15) is 18.0 Å². The number of halogens is 6. The first-order valence-electron chi connectivity index (χ1n) is 6.62. The number of urea groups is 1. The summed E-state index contributed by atoms with van der Waals surface area (Å²) in [6.45, 7) is 0. The highest BCUT2D eigenvalue weighted by atomic mass is 35.6. The number of carbonyl (C=O) groups excluding carboxylic acids is 1. The van der Waals surface area contributed by atoms with E-state index in [0.29, 0.717) is 0 Å². The maximum absolute atomic E-state index is 12.9. The fourth-order valence-electron chi connectivity index (χ4n) is 1.72. The van der Waals surface area contributed by atoms with Crippen LogP contribution in [-0.2, 0) is 9.97 Å². The van der Waals surface area contributed by atoms with Crippen LogP contribution in [0.5, 0.6) is 6.01 Å². The molecule has 2 rings (SSSR count). The highest BCUT2D eigenvalue weighted by Crippen LogP contribution is 2.37. The molecule has 0 atom stereocenters. The third kappa shape index (κ3) is 5.23. The maximum atomic E-state index is 12.9. The summed E-state index contributed by atoms with van der Waals surface area (Å²) >= 11 is 17.0. The molecule has 1 aromatic carbocycles. The fraction of sp³-hybridized carbons (Fsp3) is 0.231. The normalized spacial score (nSPS) is 11.8. The first kappa shape index (κ1) is 20.3. The molecular formula is C13H9Cl3F3N5O2. The smallest absolute Gasteiger partial charge is 0.418 e. The highest BCUT2D eigenvalue weighted by molar-refractivity contribution is 6.66. The lowest BCUT2D eigenvalue weighted by atomic mass is 10.1. The van der Waals surface area contributed by atoms with E-state index in [1.54, 1.807) is 0 Å². The molecule has 0 bridgehead atoms. The van der Waals surface area contributed by atoms with Crippen molar-refractivity contribution in [3.63, 3.8) is 0 Å². The second-order valence-corrected chi connectivity index (χ2v) is 6.87. The summed E-state index contributed by atoms with van der Waals surface area (Å²) in [6, 6.07) is 3.11. The van der Waals surface area contributed by atoms with Gasteiger partial charge in [-0.15, -0.1) is 0 Å². The zero-order valence-corrected chi connectivity index (χ0v) is 15.0. The van der Waals surface area contributed by atoms with E-state index >= 15 is 0 Å². The molecule has 0 saturated heterocycles. The van der Waals surface area contributed by atoms with Gasteiger partial charge in [0.1, 0.15) is 0 Å². The van der Waals surface area contributed by atoms with Gasteiger partial charge >= 0.3 is 18.2 Å². The van der Waals surface area contributed by atoms with Gasteiger partial charge in [0.15, 0.2) is 5.82 Å². The van der Waals surface area contributed by atoms with E-state index < -0.39 is 27.3 Å². The van der Waals surface area contributed by atoms with Gasteiger partial charge in [0, 0.05) is 0 Å². The molecule has 1 aromatic heterocycles. The average Bonchev–Trinajstić information content (AvgIpc) is 2.53. The number of carbonyl (C=O) groups is 1. The Balaban J connectivity index is 2.24. The number of hydrogen-bond acceptors (Lipinski definition) is 5. The molecular weight excluding hydrogens is 422 g/mol. The molecule has 0 unspecified atom stereocenters. The molecule has 7 nitrogen and oxygen atoms in total. The van der Waals surface area contributed by atoms with Crippen LogP contribution in [0, 0.1) is 0 Å². The van der Waals surface area contributed by atoms with Gasteiger partial charge in [-0.3, -0.25) is 5.32 Å². The number of anilines is 2. The third-order valence-corrected chi connectivity index (χ3v) is 3.26. The molecule has 0 radical (unpaired) electrons. The molecule has 26 heavy (non-hydrogen) atoms. The fourth-order valence-corrected chi connectivity index (χ4v) is 1.98. The molecule has 2 amide bonds. The molecule has 0 aliphatic carbocycles. The zero-order valence-electron chi connectivity index (χ0n) is 12.7. The van der Waals surface area contributed by atoms with Crippen LogP contribution in [-0.4, -0.2) is 28.1 Å². The lowest BCUT2D eigenvalue weighted by molar-refractivity contribution is -0.136. The Bertz CT molecular complexity index is 814. The van der Waals surface area contributed by atoms with Crippen molar-refractivity contribution in [3.8, 4) is 6.01 Å². The van der Waals surface area contributed by atoms with Gasteiger partial charge in [-0.25, -0.2) is 4.79 Å². The molecule has 2 N–H and O–H groups in total. The van der Waals surface area contributed by atoms with E-state index in [1.807, 2.05) is 0 Å². The second-order valence-electron chi connectivity index (χ2n) is 4.59. The third-order valence-electron chi connectivity index (χ3n) is 2.76. The SMILES string of the molecule is COc1nc(NC(=O)Nc2ccccc2C(F)(F)F)nc(C(Cl)(Cl)Cl)n1. The van der Waals surface area contributed by atoms with Crippen molar-refractivity contribution in [2.75, 3.05) is 17.7 Å². The average molecular weight is 431 g/mol. The van der Waals surface area contributed by atoms with Crippen molar-refractivity contribution in [2.24, 2.45) is 0 Å². The number of benzene rings is 1. The van der Waals surface area contributed by atoms with Crippen LogP contribution in [0.2, 0.25) is 0 Å². The Morgan fingerprint density at radius 3 is 2.31 bits per heavy atom. The highest BCUT2D eigenvalue weighted by Gasteiger charge is 2.34. The molecule has 0 spiro atoms. The summed E-state index contributed by atoms with van der Waals surface area (Å²) in [6.07, 6.45) is -4.65. The Morgan fingerprint density at radius 1 is 1.08 bits per heavy atom. The van der Waals surface area contributed by atoms with Crippen LogP contribution < -0.4 is 15.4 Å². The Kier molecular flexibility index (Phi) is 5.99. The monoisotopic (exact) mass is 429 g/mol. The molecule has 0 aliphatic rings. The zero-order chi connectivity index (χ0) is 19.5. The Labute approximate surface area is 159 Å². The van der Waals surface area contributed by atoms with Crippen molar-refractivity contribution >= 4 is 52.5 Å². The summed E-state index contributed by atoms with van der Waals surface area (Å²) < 4.78 is 41.6. The van der Waals surface area contributed by atoms with Crippen molar-refractivity contribution in [1.82, 2.24) is 15.0 Å². The molecule has 1 heterocycles. The van der Waals surface area contributed by atoms with Gasteiger partial charge in [0.2, 0.25) is 9.74 Å². The number of hydrogen-bond donors (Lipinski definition) is 2. The van der Waals surface area contributed by atoms with Gasteiger partial charge in [0.05, 0.1) is 18.4 Å². The van der Waals surface area contributed by atoms with Crippen LogP contribution in [0.25, 0.3) is 0 Å². The van der Waals surface area contributed by atoms with E-state index in [0.717, 1.165) is 12.1 Å². The van der Waals surface area contributed by atoms with Crippen LogP contribution in [0.1, 0.15) is 11.4 Å². The number of methoxy groups -OCH3 is 1. The summed E-state index contributed by atoms with van der Waals surface area (Å²) in [7, 11) is 1.22. The summed E-state index contributed by atoms with van der Waals surface area (Å²) in [4.78, 5) is 23.1. The van der Waals surface area contributed by atoms with E-state index in [2.05, 4.69) is 25.6 Å². The number of amides is 2. The number of alkyl halides is 6. The Hall–Kier alpha value is -2.04. The van der Waals surface area contributed by atoms with Crippen molar-refractivity contribution in [3.05, 3.63) is 35.7 Å². The quantitative estimate of drug-likeness (QED) is 0.706.